The zero-order valence-corrected chi connectivity index (χ0v) is 9.38. The number of hydrogen-bond donors (Lipinski definition) is 1. The van der Waals surface area contributed by atoms with Gasteiger partial charge in [0.15, 0.2) is 11.4 Å². The lowest BCUT2D eigenvalue weighted by Crippen LogP contribution is -2.04. The largest absolute Gasteiger partial charge is 0.508 e. The molecule has 0 unspecified atom stereocenters. The summed E-state index contributed by atoms with van der Waals surface area (Å²) >= 11 is 0. The van der Waals surface area contributed by atoms with Gasteiger partial charge in [-0.2, -0.15) is 10.5 Å². The van der Waals surface area contributed by atoms with Crippen molar-refractivity contribution in [3.8, 4) is 29.1 Å². The minimum absolute atomic E-state index is 0.0381. The third kappa shape index (κ3) is 1.38. The highest BCUT2D eigenvalue weighted by Crippen LogP contribution is 2.36. The number of carbonyl (C=O) groups is 1. The Hall–Kier alpha value is -3.25. The van der Waals surface area contributed by atoms with Crippen molar-refractivity contribution < 1.29 is 9.90 Å². The van der Waals surface area contributed by atoms with Gasteiger partial charge in [-0.05, 0) is 18.2 Å². The summed E-state index contributed by atoms with van der Waals surface area (Å²) in [5, 5.41) is 27.2. The molecule has 0 saturated carbocycles. The van der Waals surface area contributed by atoms with Crippen molar-refractivity contribution in [2.24, 2.45) is 0 Å². The van der Waals surface area contributed by atoms with E-state index < -0.39 is 5.78 Å². The first-order valence-corrected chi connectivity index (χ1v) is 5.26. The van der Waals surface area contributed by atoms with Crippen LogP contribution < -0.4 is 0 Å². The highest BCUT2D eigenvalue weighted by atomic mass is 16.3. The van der Waals surface area contributed by atoms with Crippen molar-refractivity contribution in [1.29, 1.82) is 10.5 Å². The van der Waals surface area contributed by atoms with Crippen molar-refractivity contribution >= 4 is 5.78 Å². The number of nitriles is 2. The number of rotatable bonds is 0. The SMILES string of the molecule is N#Cc1nc2c(nc1C#N)-c1ccc(O)cc1C2=O. The van der Waals surface area contributed by atoms with E-state index in [0.717, 1.165) is 0 Å². The fraction of sp³-hybridized carbons (Fsp3) is 0. The van der Waals surface area contributed by atoms with Gasteiger partial charge in [0.1, 0.15) is 29.3 Å². The van der Waals surface area contributed by atoms with Gasteiger partial charge in [0.05, 0.1) is 0 Å². The molecule has 19 heavy (non-hydrogen) atoms. The van der Waals surface area contributed by atoms with Crippen molar-refractivity contribution in [3.05, 3.63) is 40.8 Å². The van der Waals surface area contributed by atoms with E-state index in [1.165, 1.54) is 18.2 Å². The molecule has 1 aliphatic carbocycles. The third-order valence-electron chi connectivity index (χ3n) is 2.83. The van der Waals surface area contributed by atoms with Gasteiger partial charge in [-0.3, -0.25) is 4.79 Å². The fourth-order valence-corrected chi connectivity index (χ4v) is 1.99. The molecule has 1 heterocycles. The molecule has 0 radical (unpaired) electrons. The Morgan fingerprint density at radius 1 is 1.00 bits per heavy atom. The van der Waals surface area contributed by atoms with E-state index in [0.29, 0.717) is 5.56 Å². The number of phenols is 1. The van der Waals surface area contributed by atoms with Crippen LogP contribution in [0.3, 0.4) is 0 Å². The summed E-state index contributed by atoms with van der Waals surface area (Å²) in [6.07, 6.45) is 0. The molecular weight excluding hydrogens is 244 g/mol. The van der Waals surface area contributed by atoms with Crippen LogP contribution >= 0.6 is 0 Å². The fourth-order valence-electron chi connectivity index (χ4n) is 1.99. The number of hydrogen-bond acceptors (Lipinski definition) is 6. The normalized spacial score (nSPS) is 11.4. The average molecular weight is 248 g/mol. The maximum Gasteiger partial charge on any atom is 0.214 e. The number of phenolic OH excluding ortho intramolecular Hbond substituents is 1. The third-order valence-corrected chi connectivity index (χ3v) is 2.83. The summed E-state index contributed by atoms with van der Waals surface area (Å²) in [5.74, 6) is -0.449. The number of ketones is 1. The number of aromatic hydroxyl groups is 1. The molecule has 88 valence electrons. The molecule has 6 heteroatoms. The van der Waals surface area contributed by atoms with Crippen LogP contribution in [0.5, 0.6) is 5.75 Å². The number of benzene rings is 1. The monoisotopic (exact) mass is 248 g/mol. The number of carbonyl (C=O) groups excluding carboxylic acids is 1. The summed E-state index contributed by atoms with van der Waals surface area (Å²) < 4.78 is 0. The standard InChI is InChI=1S/C13H4N4O2/c14-4-9-10(5-15)17-12-11(16-9)7-2-1-6(18)3-8(7)13(12)19/h1-3,18H. The Bertz CT molecular complexity index is 828. The van der Waals surface area contributed by atoms with Crippen LogP contribution in [0, 0.1) is 22.7 Å². The lowest BCUT2D eigenvalue weighted by atomic mass is 10.1. The molecule has 0 saturated heterocycles. The lowest BCUT2D eigenvalue weighted by molar-refractivity contribution is 0.103. The Balaban J connectivity index is 2.36. The van der Waals surface area contributed by atoms with E-state index in [4.69, 9.17) is 10.5 Å². The second-order valence-electron chi connectivity index (χ2n) is 3.90. The van der Waals surface area contributed by atoms with Gasteiger partial charge in [0, 0.05) is 11.1 Å². The molecule has 1 N–H and O–H groups in total. The van der Waals surface area contributed by atoms with E-state index in [9.17, 15) is 9.90 Å². The molecule has 2 aromatic rings. The predicted molar refractivity (Wildman–Crippen MR) is 62.0 cm³/mol. The quantitative estimate of drug-likeness (QED) is 0.638. The second-order valence-corrected chi connectivity index (χ2v) is 3.90. The molecule has 1 aliphatic rings. The van der Waals surface area contributed by atoms with Crippen LogP contribution in [-0.2, 0) is 0 Å². The summed E-state index contributed by atoms with van der Waals surface area (Å²) in [5.41, 5.74) is 0.800. The highest BCUT2D eigenvalue weighted by molar-refractivity contribution is 6.20. The highest BCUT2D eigenvalue weighted by Gasteiger charge is 2.31. The minimum atomic E-state index is -0.408. The first-order valence-electron chi connectivity index (χ1n) is 5.26. The molecule has 3 rings (SSSR count). The van der Waals surface area contributed by atoms with E-state index in [2.05, 4.69) is 9.97 Å². The first kappa shape index (κ1) is 10.9. The minimum Gasteiger partial charge on any atom is -0.508 e. The van der Waals surface area contributed by atoms with Gasteiger partial charge >= 0.3 is 0 Å². The summed E-state index contributed by atoms with van der Waals surface area (Å²) in [6.45, 7) is 0. The van der Waals surface area contributed by atoms with E-state index in [1.807, 2.05) is 0 Å². The van der Waals surface area contributed by atoms with Crippen LogP contribution in [0.1, 0.15) is 27.4 Å². The van der Waals surface area contributed by atoms with Crippen LogP contribution in [0.2, 0.25) is 0 Å². The maximum atomic E-state index is 12.1. The van der Waals surface area contributed by atoms with Crippen LogP contribution in [0.25, 0.3) is 11.3 Å². The predicted octanol–water partition coefficient (Wildman–Crippen LogP) is 1.14. The number of nitrogens with zero attached hydrogens (tertiary/aromatic N) is 4. The molecule has 0 bridgehead atoms. The number of aromatic nitrogens is 2. The van der Waals surface area contributed by atoms with Gasteiger partial charge in [-0.1, -0.05) is 0 Å². The Morgan fingerprint density at radius 3 is 2.26 bits per heavy atom. The molecule has 1 aromatic heterocycles. The first-order chi connectivity index (χ1) is 9.15. The Labute approximate surface area is 107 Å². The molecule has 0 amide bonds. The maximum absolute atomic E-state index is 12.1. The zero-order valence-electron chi connectivity index (χ0n) is 9.38. The molecule has 1 aromatic carbocycles. The topological polar surface area (TPSA) is 111 Å². The molecule has 0 spiro atoms. The van der Waals surface area contributed by atoms with Crippen molar-refractivity contribution in [3.63, 3.8) is 0 Å². The van der Waals surface area contributed by atoms with Crippen molar-refractivity contribution in [1.82, 2.24) is 9.97 Å². The van der Waals surface area contributed by atoms with Crippen molar-refractivity contribution in [2.45, 2.75) is 0 Å². The van der Waals surface area contributed by atoms with Crippen molar-refractivity contribution in [2.75, 3.05) is 0 Å². The van der Waals surface area contributed by atoms with E-state index >= 15 is 0 Å². The van der Waals surface area contributed by atoms with Gasteiger partial charge in [0.2, 0.25) is 5.78 Å². The Morgan fingerprint density at radius 2 is 1.63 bits per heavy atom. The second kappa shape index (κ2) is 3.62. The average Bonchev–Trinajstić information content (AvgIpc) is 2.70. The van der Waals surface area contributed by atoms with Crippen LogP contribution in [-0.4, -0.2) is 20.9 Å². The van der Waals surface area contributed by atoms with Crippen LogP contribution in [0.4, 0.5) is 0 Å². The number of fused-ring (bicyclic) bond motifs is 3. The summed E-state index contributed by atoms with van der Waals surface area (Å²) in [7, 11) is 0. The van der Waals surface area contributed by atoms with Gasteiger partial charge in [-0.15, -0.1) is 0 Å². The Kier molecular flexibility index (Phi) is 2.07. The van der Waals surface area contributed by atoms with Gasteiger partial charge < -0.3 is 5.11 Å². The molecule has 0 fully saturated rings. The molecule has 0 atom stereocenters. The smallest absolute Gasteiger partial charge is 0.214 e. The van der Waals surface area contributed by atoms with E-state index in [-0.39, 0.29) is 34.1 Å². The summed E-state index contributed by atoms with van der Waals surface area (Å²) in [6, 6.07) is 7.79. The van der Waals surface area contributed by atoms with Crippen LogP contribution in [0.15, 0.2) is 18.2 Å². The molecule has 0 aliphatic heterocycles. The van der Waals surface area contributed by atoms with Gasteiger partial charge in [-0.25, -0.2) is 9.97 Å². The molecular formula is C13H4N4O2. The van der Waals surface area contributed by atoms with Gasteiger partial charge in [0.25, 0.3) is 0 Å². The summed E-state index contributed by atoms with van der Waals surface area (Å²) in [4.78, 5) is 20.0. The molecule has 6 nitrogen and oxygen atoms in total. The zero-order chi connectivity index (χ0) is 13.6. The van der Waals surface area contributed by atoms with E-state index in [1.54, 1.807) is 12.1 Å². The lowest BCUT2D eigenvalue weighted by Gasteiger charge is -1.99.